The van der Waals surface area contributed by atoms with Crippen LogP contribution >= 0.6 is 0 Å². The summed E-state index contributed by atoms with van der Waals surface area (Å²) in [4.78, 5) is 9.07. The summed E-state index contributed by atoms with van der Waals surface area (Å²) in [5.74, 6) is 3.35. The third-order valence-electron chi connectivity index (χ3n) is 4.72. The molecular weight excluding hydrogens is 262 g/mol. The molecule has 0 amide bonds. The summed E-state index contributed by atoms with van der Waals surface area (Å²) in [5.41, 5.74) is 7.27. The monoisotopic (exact) mass is 289 g/mol. The summed E-state index contributed by atoms with van der Waals surface area (Å²) < 4.78 is 6.26. The lowest BCUT2D eigenvalue weighted by atomic mass is 9.71. The van der Waals surface area contributed by atoms with E-state index in [-0.39, 0.29) is 6.10 Å². The van der Waals surface area contributed by atoms with E-state index in [2.05, 4.69) is 30.7 Å². The Labute approximate surface area is 127 Å². The molecule has 0 spiro atoms. The maximum absolute atomic E-state index is 6.26. The molecule has 4 heteroatoms. The second-order valence-corrected chi connectivity index (χ2v) is 7.82. The average molecular weight is 289 g/mol. The molecule has 2 atom stereocenters. The van der Waals surface area contributed by atoms with Gasteiger partial charge < -0.3 is 10.5 Å². The summed E-state index contributed by atoms with van der Waals surface area (Å²) >= 11 is 0. The molecule has 21 heavy (non-hydrogen) atoms. The first-order chi connectivity index (χ1) is 9.84. The van der Waals surface area contributed by atoms with E-state index in [1.54, 1.807) is 0 Å². The first-order valence-electron chi connectivity index (χ1n) is 8.15. The Morgan fingerprint density at radius 3 is 2.52 bits per heavy atom. The Hall–Kier alpha value is -1.32. The molecule has 0 aliphatic heterocycles. The lowest BCUT2D eigenvalue weighted by molar-refractivity contribution is 0.0525. The summed E-state index contributed by atoms with van der Waals surface area (Å²) in [7, 11) is 0. The van der Waals surface area contributed by atoms with E-state index in [4.69, 9.17) is 10.5 Å². The Morgan fingerprint density at radius 2 is 1.90 bits per heavy atom. The molecule has 4 nitrogen and oxygen atoms in total. The molecule has 116 valence electrons. The van der Waals surface area contributed by atoms with Crippen LogP contribution in [-0.2, 0) is 0 Å². The molecule has 2 unspecified atom stereocenters. The van der Waals surface area contributed by atoms with E-state index in [9.17, 15) is 0 Å². The van der Waals surface area contributed by atoms with Crippen LogP contribution in [0.25, 0.3) is 0 Å². The zero-order chi connectivity index (χ0) is 15.2. The third-order valence-corrected chi connectivity index (χ3v) is 4.72. The van der Waals surface area contributed by atoms with Crippen LogP contribution in [0.4, 0.5) is 5.82 Å². The van der Waals surface area contributed by atoms with E-state index < -0.39 is 0 Å². The van der Waals surface area contributed by atoms with Crippen molar-refractivity contribution >= 4 is 5.82 Å². The number of nitrogens with zero attached hydrogens (tertiary/aromatic N) is 2. The second-order valence-electron chi connectivity index (χ2n) is 7.82. The highest BCUT2D eigenvalue weighted by Crippen LogP contribution is 2.42. The minimum Gasteiger partial charge on any atom is -0.474 e. The average Bonchev–Trinajstić information content (AvgIpc) is 3.16. The normalized spacial score (nSPS) is 28.4. The zero-order valence-electron chi connectivity index (χ0n) is 13.6. The van der Waals surface area contributed by atoms with Crippen molar-refractivity contribution in [3.63, 3.8) is 0 Å². The van der Waals surface area contributed by atoms with Gasteiger partial charge in [-0.2, -0.15) is 4.98 Å². The van der Waals surface area contributed by atoms with Crippen LogP contribution in [0.3, 0.4) is 0 Å². The van der Waals surface area contributed by atoms with Crippen molar-refractivity contribution in [3.8, 4) is 5.88 Å². The highest BCUT2D eigenvalue weighted by molar-refractivity contribution is 5.45. The molecule has 2 N–H and O–H groups in total. The van der Waals surface area contributed by atoms with E-state index in [0.29, 0.717) is 28.9 Å². The minimum atomic E-state index is 0.240. The largest absolute Gasteiger partial charge is 0.474 e. The predicted molar refractivity (Wildman–Crippen MR) is 84.4 cm³/mol. The van der Waals surface area contributed by atoms with Crippen LogP contribution in [0.15, 0.2) is 0 Å². The van der Waals surface area contributed by atoms with Gasteiger partial charge in [0.25, 0.3) is 0 Å². The van der Waals surface area contributed by atoms with Gasteiger partial charge in [0, 0.05) is 5.92 Å². The highest BCUT2D eigenvalue weighted by Gasteiger charge is 2.34. The lowest BCUT2D eigenvalue weighted by Gasteiger charge is -2.38. The first-order valence-corrected chi connectivity index (χ1v) is 8.15. The Balaban J connectivity index is 1.80. The fourth-order valence-electron chi connectivity index (χ4n) is 3.67. The lowest BCUT2D eigenvalue weighted by Crippen LogP contribution is -2.34. The van der Waals surface area contributed by atoms with Gasteiger partial charge in [0.05, 0.1) is 5.56 Å². The molecule has 0 radical (unpaired) electrons. The van der Waals surface area contributed by atoms with Gasteiger partial charge in [-0.05, 0) is 50.4 Å². The van der Waals surface area contributed by atoms with Gasteiger partial charge >= 0.3 is 0 Å². The van der Waals surface area contributed by atoms with Crippen LogP contribution in [0, 0.1) is 18.3 Å². The molecule has 0 saturated heterocycles. The fraction of sp³-hybridized carbons (Fsp3) is 0.765. The van der Waals surface area contributed by atoms with Crippen molar-refractivity contribution in [2.75, 3.05) is 5.73 Å². The minimum absolute atomic E-state index is 0.240. The quantitative estimate of drug-likeness (QED) is 0.918. The standard InChI is InChI=1S/C17H27N3O/c1-10-7-13(9-17(3,4)8-10)21-16-11(2)14(18)19-15(20-16)12-5-6-12/h10,12-13H,5-9H2,1-4H3,(H2,18,19,20). The van der Waals surface area contributed by atoms with Gasteiger partial charge in [-0.15, -0.1) is 0 Å². The van der Waals surface area contributed by atoms with Crippen LogP contribution < -0.4 is 10.5 Å². The van der Waals surface area contributed by atoms with Crippen LogP contribution in [0.1, 0.15) is 70.2 Å². The van der Waals surface area contributed by atoms with Gasteiger partial charge in [0.15, 0.2) is 0 Å². The SMILES string of the molecule is Cc1c(N)nc(C2CC2)nc1OC1CC(C)CC(C)(C)C1. The number of hydrogen-bond donors (Lipinski definition) is 1. The van der Waals surface area contributed by atoms with Crippen LogP contribution in [-0.4, -0.2) is 16.1 Å². The van der Waals surface area contributed by atoms with Gasteiger partial charge in [-0.25, -0.2) is 4.98 Å². The molecule has 2 aliphatic rings. The molecule has 0 aromatic carbocycles. The number of rotatable bonds is 3. The Kier molecular flexibility index (Phi) is 3.58. The molecular formula is C17H27N3O. The smallest absolute Gasteiger partial charge is 0.222 e. The Bertz CT molecular complexity index is 537. The molecule has 2 fully saturated rings. The number of nitrogens with two attached hydrogens (primary N) is 1. The van der Waals surface area contributed by atoms with Crippen molar-refractivity contribution < 1.29 is 4.74 Å². The maximum atomic E-state index is 6.26. The second kappa shape index (κ2) is 5.15. The van der Waals surface area contributed by atoms with Crippen molar-refractivity contribution in [2.24, 2.45) is 11.3 Å². The third kappa shape index (κ3) is 3.30. The van der Waals surface area contributed by atoms with Gasteiger partial charge in [-0.1, -0.05) is 20.8 Å². The topological polar surface area (TPSA) is 61.0 Å². The van der Waals surface area contributed by atoms with Crippen LogP contribution in [0.5, 0.6) is 5.88 Å². The van der Waals surface area contributed by atoms with Crippen molar-refractivity contribution in [2.45, 2.75) is 71.8 Å². The predicted octanol–water partition coefficient (Wildman–Crippen LogP) is 3.84. The van der Waals surface area contributed by atoms with Gasteiger partial charge in [0.2, 0.25) is 5.88 Å². The molecule has 2 aliphatic carbocycles. The number of aromatic nitrogens is 2. The summed E-state index contributed by atoms with van der Waals surface area (Å²) in [6, 6.07) is 0. The summed E-state index contributed by atoms with van der Waals surface area (Å²) in [5, 5.41) is 0. The molecule has 1 aromatic heterocycles. The summed E-state index contributed by atoms with van der Waals surface area (Å²) in [6.45, 7) is 8.93. The molecule has 3 rings (SSSR count). The fourth-order valence-corrected chi connectivity index (χ4v) is 3.67. The number of anilines is 1. The van der Waals surface area contributed by atoms with Crippen LogP contribution in [0.2, 0.25) is 0 Å². The molecule has 0 bridgehead atoms. The molecule has 1 heterocycles. The molecule has 1 aromatic rings. The van der Waals surface area contributed by atoms with Gasteiger partial charge in [-0.3, -0.25) is 0 Å². The van der Waals surface area contributed by atoms with E-state index >= 15 is 0 Å². The number of hydrogen-bond acceptors (Lipinski definition) is 4. The van der Waals surface area contributed by atoms with Gasteiger partial charge in [0.1, 0.15) is 17.7 Å². The summed E-state index contributed by atoms with van der Waals surface area (Å²) in [6.07, 6.45) is 6.05. The van der Waals surface area contributed by atoms with E-state index in [0.717, 1.165) is 24.2 Å². The van der Waals surface area contributed by atoms with Crippen molar-refractivity contribution in [3.05, 3.63) is 11.4 Å². The zero-order valence-corrected chi connectivity index (χ0v) is 13.6. The highest BCUT2D eigenvalue weighted by atomic mass is 16.5. The van der Waals surface area contributed by atoms with E-state index in [1.807, 2.05) is 6.92 Å². The molecule has 2 saturated carbocycles. The van der Waals surface area contributed by atoms with E-state index in [1.165, 1.54) is 19.3 Å². The first kappa shape index (κ1) is 14.6. The van der Waals surface area contributed by atoms with Crippen molar-refractivity contribution in [1.29, 1.82) is 0 Å². The van der Waals surface area contributed by atoms with Crippen molar-refractivity contribution in [1.82, 2.24) is 9.97 Å². The number of nitrogen functional groups attached to an aromatic ring is 1. The number of ether oxygens (including phenoxy) is 1. The Morgan fingerprint density at radius 1 is 1.19 bits per heavy atom. The maximum Gasteiger partial charge on any atom is 0.222 e.